The molecule has 1 aromatic rings. The van der Waals surface area contributed by atoms with E-state index in [1.807, 2.05) is 4.90 Å². The Kier molecular flexibility index (Phi) is 3.52. The number of phenols is 1. The molecule has 1 heterocycles. The smallest absolute Gasteiger partial charge is 0.321 e. The lowest BCUT2D eigenvalue weighted by atomic mass is 10.0. The highest BCUT2D eigenvalue weighted by Gasteiger charge is 2.20. The van der Waals surface area contributed by atoms with Gasteiger partial charge in [0, 0.05) is 24.8 Å². The zero-order valence-corrected chi connectivity index (χ0v) is 10.0. The second kappa shape index (κ2) is 5.08. The summed E-state index contributed by atoms with van der Waals surface area (Å²) in [5.41, 5.74) is 0.633. The molecular formula is C13H18N2O2. The quantitative estimate of drug-likeness (QED) is 0.785. The number of nitrogens with one attached hydrogen (secondary N) is 1. The summed E-state index contributed by atoms with van der Waals surface area (Å²) in [6.07, 6.45) is 2.25. The van der Waals surface area contributed by atoms with E-state index in [-0.39, 0.29) is 11.8 Å². The molecule has 4 nitrogen and oxygen atoms in total. The Bertz CT molecular complexity index is 406. The third kappa shape index (κ3) is 3.12. The van der Waals surface area contributed by atoms with Crippen molar-refractivity contribution >= 4 is 11.7 Å². The number of hydrogen-bond acceptors (Lipinski definition) is 2. The summed E-state index contributed by atoms with van der Waals surface area (Å²) in [4.78, 5) is 13.8. The Morgan fingerprint density at radius 1 is 1.53 bits per heavy atom. The lowest BCUT2D eigenvalue weighted by molar-refractivity contribution is 0.182. The van der Waals surface area contributed by atoms with Crippen LogP contribution in [0.5, 0.6) is 5.75 Å². The number of hydrogen-bond donors (Lipinski definition) is 2. The maximum absolute atomic E-state index is 12.0. The number of aromatic hydroxyl groups is 1. The molecular weight excluding hydrogens is 216 g/mol. The average molecular weight is 234 g/mol. The Morgan fingerprint density at radius 2 is 2.35 bits per heavy atom. The van der Waals surface area contributed by atoms with E-state index in [9.17, 15) is 9.90 Å². The summed E-state index contributed by atoms with van der Waals surface area (Å²) in [5, 5.41) is 12.1. The predicted molar refractivity (Wildman–Crippen MR) is 67.1 cm³/mol. The molecule has 4 heteroatoms. The van der Waals surface area contributed by atoms with Gasteiger partial charge in [-0.15, -0.1) is 0 Å². The Labute approximate surface area is 101 Å². The highest BCUT2D eigenvalue weighted by molar-refractivity contribution is 5.89. The normalized spacial score (nSPS) is 20.1. The van der Waals surface area contributed by atoms with Gasteiger partial charge in [0.05, 0.1) is 0 Å². The number of carbonyl (C=O) groups excluding carboxylic acids is 1. The Hall–Kier alpha value is -1.71. The van der Waals surface area contributed by atoms with Crippen LogP contribution in [-0.2, 0) is 0 Å². The van der Waals surface area contributed by atoms with Gasteiger partial charge in [-0.25, -0.2) is 4.79 Å². The molecule has 0 radical (unpaired) electrons. The first-order valence-corrected chi connectivity index (χ1v) is 6.00. The van der Waals surface area contributed by atoms with Crippen LogP contribution in [0, 0.1) is 5.92 Å². The fraction of sp³-hybridized carbons (Fsp3) is 0.462. The molecule has 1 aromatic carbocycles. The minimum atomic E-state index is -0.0813. The number of likely N-dealkylation sites (tertiary alicyclic amines) is 1. The largest absolute Gasteiger partial charge is 0.508 e. The summed E-state index contributed by atoms with van der Waals surface area (Å²) in [6, 6.07) is 6.53. The molecule has 0 aromatic heterocycles. The van der Waals surface area contributed by atoms with E-state index < -0.39 is 0 Å². The number of benzene rings is 1. The van der Waals surface area contributed by atoms with Gasteiger partial charge in [-0.1, -0.05) is 13.0 Å². The summed E-state index contributed by atoms with van der Waals surface area (Å²) in [7, 11) is 0. The number of amides is 2. The van der Waals surface area contributed by atoms with Crippen molar-refractivity contribution in [3.8, 4) is 5.75 Å². The molecule has 92 valence electrons. The molecule has 17 heavy (non-hydrogen) atoms. The van der Waals surface area contributed by atoms with Gasteiger partial charge in [0.1, 0.15) is 5.75 Å². The standard InChI is InChI=1S/C13H18N2O2/c1-10-4-3-7-15(9-10)13(17)14-11-5-2-6-12(16)8-11/h2,5-6,8,10,16H,3-4,7,9H2,1H3,(H,14,17). The minimum Gasteiger partial charge on any atom is -0.508 e. The maximum Gasteiger partial charge on any atom is 0.321 e. The number of anilines is 1. The highest BCUT2D eigenvalue weighted by atomic mass is 16.3. The van der Waals surface area contributed by atoms with Gasteiger partial charge in [-0.05, 0) is 30.9 Å². The van der Waals surface area contributed by atoms with E-state index in [1.165, 1.54) is 6.42 Å². The topological polar surface area (TPSA) is 52.6 Å². The van der Waals surface area contributed by atoms with Crippen molar-refractivity contribution in [1.82, 2.24) is 4.90 Å². The van der Waals surface area contributed by atoms with Gasteiger partial charge in [0.25, 0.3) is 0 Å². The van der Waals surface area contributed by atoms with E-state index in [1.54, 1.807) is 24.3 Å². The van der Waals surface area contributed by atoms with Gasteiger partial charge in [0.2, 0.25) is 0 Å². The first kappa shape index (κ1) is 11.8. The molecule has 0 aliphatic carbocycles. The van der Waals surface area contributed by atoms with Crippen LogP contribution < -0.4 is 5.32 Å². The van der Waals surface area contributed by atoms with Gasteiger partial charge in [-0.3, -0.25) is 0 Å². The van der Waals surface area contributed by atoms with Crippen molar-refractivity contribution < 1.29 is 9.90 Å². The first-order valence-electron chi connectivity index (χ1n) is 6.00. The number of phenolic OH excluding ortho intramolecular Hbond substituents is 1. The Balaban J connectivity index is 1.96. The van der Waals surface area contributed by atoms with Crippen LogP contribution in [0.3, 0.4) is 0 Å². The van der Waals surface area contributed by atoms with E-state index >= 15 is 0 Å². The second-order valence-electron chi connectivity index (χ2n) is 4.67. The van der Waals surface area contributed by atoms with Crippen LogP contribution in [0.25, 0.3) is 0 Å². The SMILES string of the molecule is CC1CCCN(C(=O)Nc2cccc(O)c2)C1. The predicted octanol–water partition coefficient (Wildman–Crippen LogP) is 2.66. The third-order valence-corrected chi connectivity index (χ3v) is 3.04. The van der Waals surface area contributed by atoms with Crippen LogP contribution in [0.4, 0.5) is 10.5 Å². The monoisotopic (exact) mass is 234 g/mol. The molecule has 0 saturated carbocycles. The first-order chi connectivity index (χ1) is 8.15. The summed E-state index contributed by atoms with van der Waals surface area (Å²) in [5.74, 6) is 0.730. The lowest BCUT2D eigenvalue weighted by Gasteiger charge is -2.30. The summed E-state index contributed by atoms with van der Waals surface area (Å²) in [6.45, 7) is 3.79. The molecule has 1 atom stereocenters. The molecule has 2 amide bonds. The van der Waals surface area contributed by atoms with Gasteiger partial charge < -0.3 is 15.3 Å². The van der Waals surface area contributed by atoms with Crippen LogP contribution >= 0.6 is 0 Å². The molecule has 0 bridgehead atoms. The number of carbonyl (C=O) groups is 1. The molecule has 1 fully saturated rings. The van der Waals surface area contributed by atoms with Crippen molar-refractivity contribution in [2.24, 2.45) is 5.92 Å². The average Bonchev–Trinajstić information content (AvgIpc) is 2.29. The van der Waals surface area contributed by atoms with E-state index in [4.69, 9.17) is 0 Å². The molecule has 1 saturated heterocycles. The number of piperidine rings is 1. The van der Waals surface area contributed by atoms with Gasteiger partial charge >= 0.3 is 6.03 Å². The third-order valence-electron chi connectivity index (χ3n) is 3.04. The van der Waals surface area contributed by atoms with Crippen LogP contribution in [0.1, 0.15) is 19.8 Å². The molecule has 2 N–H and O–H groups in total. The number of urea groups is 1. The fourth-order valence-corrected chi connectivity index (χ4v) is 2.16. The van der Waals surface area contributed by atoms with E-state index in [0.717, 1.165) is 19.5 Å². The zero-order valence-electron chi connectivity index (χ0n) is 10.0. The summed E-state index contributed by atoms with van der Waals surface area (Å²) >= 11 is 0. The minimum absolute atomic E-state index is 0.0813. The van der Waals surface area contributed by atoms with Crippen LogP contribution in [0.15, 0.2) is 24.3 Å². The van der Waals surface area contributed by atoms with Crippen molar-refractivity contribution in [2.75, 3.05) is 18.4 Å². The van der Waals surface area contributed by atoms with E-state index in [0.29, 0.717) is 11.6 Å². The zero-order chi connectivity index (χ0) is 12.3. The molecule has 1 unspecified atom stereocenters. The summed E-state index contributed by atoms with van der Waals surface area (Å²) < 4.78 is 0. The van der Waals surface area contributed by atoms with Crippen LogP contribution in [0.2, 0.25) is 0 Å². The number of nitrogens with zero attached hydrogens (tertiary/aromatic N) is 1. The van der Waals surface area contributed by atoms with E-state index in [2.05, 4.69) is 12.2 Å². The second-order valence-corrected chi connectivity index (χ2v) is 4.67. The maximum atomic E-state index is 12.0. The molecule has 0 spiro atoms. The lowest BCUT2D eigenvalue weighted by Crippen LogP contribution is -2.41. The molecule has 1 aliphatic rings. The van der Waals surface area contributed by atoms with Crippen molar-refractivity contribution in [1.29, 1.82) is 0 Å². The fourth-order valence-electron chi connectivity index (χ4n) is 2.16. The highest BCUT2D eigenvalue weighted by Crippen LogP contribution is 2.19. The van der Waals surface area contributed by atoms with Crippen molar-refractivity contribution in [3.63, 3.8) is 0 Å². The van der Waals surface area contributed by atoms with Gasteiger partial charge in [-0.2, -0.15) is 0 Å². The van der Waals surface area contributed by atoms with Crippen molar-refractivity contribution in [2.45, 2.75) is 19.8 Å². The van der Waals surface area contributed by atoms with Crippen LogP contribution in [-0.4, -0.2) is 29.1 Å². The molecule has 1 aliphatic heterocycles. The van der Waals surface area contributed by atoms with Crippen molar-refractivity contribution in [3.05, 3.63) is 24.3 Å². The molecule has 2 rings (SSSR count). The Morgan fingerprint density at radius 3 is 3.06 bits per heavy atom. The number of rotatable bonds is 1. The van der Waals surface area contributed by atoms with Gasteiger partial charge in [0.15, 0.2) is 0 Å².